The van der Waals surface area contributed by atoms with Crippen LogP contribution in [0, 0.1) is 0 Å². The van der Waals surface area contributed by atoms with Gasteiger partial charge in [0.25, 0.3) is 5.91 Å². The summed E-state index contributed by atoms with van der Waals surface area (Å²) < 4.78 is 5.33. The van der Waals surface area contributed by atoms with Crippen molar-refractivity contribution in [2.75, 3.05) is 13.1 Å². The van der Waals surface area contributed by atoms with Gasteiger partial charge in [0.15, 0.2) is 0 Å². The van der Waals surface area contributed by atoms with Crippen molar-refractivity contribution in [2.45, 2.75) is 51.3 Å². The van der Waals surface area contributed by atoms with Gasteiger partial charge in [-0.1, -0.05) is 41.9 Å². The molecule has 0 saturated carbocycles. The molecule has 2 aromatic carbocycles. The van der Waals surface area contributed by atoms with Crippen LogP contribution < -0.4 is 10.6 Å². The summed E-state index contributed by atoms with van der Waals surface area (Å²) in [7, 11) is 0. The van der Waals surface area contributed by atoms with Crippen LogP contribution in [-0.4, -0.2) is 58.6 Å². The van der Waals surface area contributed by atoms with Crippen LogP contribution in [0.15, 0.2) is 54.6 Å². The second kappa shape index (κ2) is 10.6. The van der Waals surface area contributed by atoms with Crippen molar-refractivity contribution in [1.29, 1.82) is 0 Å². The Hall–Kier alpha value is -3.52. The summed E-state index contributed by atoms with van der Waals surface area (Å²) in [5.41, 5.74) is 1.47. The molecule has 8 nitrogen and oxygen atoms in total. The summed E-state index contributed by atoms with van der Waals surface area (Å²) in [5.74, 6) is -0.570. The maximum absolute atomic E-state index is 13.5. The molecule has 3 aromatic rings. The molecule has 1 aromatic heterocycles. The van der Waals surface area contributed by atoms with Crippen molar-refractivity contribution >= 4 is 40.4 Å². The molecule has 1 aliphatic rings. The van der Waals surface area contributed by atoms with E-state index in [0.717, 1.165) is 16.5 Å². The SMILES string of the molecule is CC(C)(C)OC(=O)NC1CCN(C(=O)C(Cc2ccccc2)NC(=O)c2cc3cc(Cl)ccc3[nH]2)C1. The lowest BCUT2D eigenvalue weighted by atomic mass is 10.0. The van der Waals surface area contributed by atoms with Gasteiger partial charge in [0.1, 0.15) is 17.3 Å². The van der Waals surface area contributed by atoms with Crippen LogP contribution in [0.25, 0.3) is 10.9 Å². The Bertz CT molecular complexity index is 1250. The van der Waals surface area contributed by atoms with Crippen LogP contribution in [0.4, 0.5) is 4.79 Å². The number of alkyl carbamates (subject to hydrolysis) is 1. The smallest absolute Gasteiger partial charge is 0.407 e. The van der Waals surface area contributed by atoms with E-state index < -0.39 is 17.7 Å². The second-order valence-electron chi connectivity index (χ2n) is 10.0. The third kappa shape index (κ3) is 6.57. The molecule has 2 unspecified atom stereocenters. The van der Waals surface area contributed by atoms with Gasteiger partial charge in [0.2, 0.25) is 5.91 Å². The zero-order valence-electron chi connectivity index (χ0n) is 20.6. The fraction of sp³-hybridized carbons (Fsp3) is 0.370. The maximum Gasteiger partial charge on any atom is 0.407 e. The van der Waals surface area contributed by atoms with Gasteiger partial charge < -0.3 is 25.3 Å². The highest BCUT2D eigenvalue weighted by atomic mass is 35.5. The number of hydrogen-bond acceptors (Lipinski definition) is 4. The summed E-state index contributed by atoms with van der Waals surface area (Å²) in [6.07, 6.45) is 0.451. The van der Waals surface area contributed by atoms with Crippen molar-refractivity contribution in [3.63, 3.8) is 0 Å². The Morgan fingerprint density at radius 3 is 2.61 bits per heavy atom. The Labute approximate surface area is 215 Å². The summed E-state index contributed by atoms with van der Waals surface area (Å²) in [5, 5.41) is 7.14. The summed E-state index contributed by atoms with van der Waals surface area (Å²) >= 11 is 6.07. The van der Waals surface area contributed by atoms with Crippen LogP contribution in [0.5, 0.6) is 0 Å². The molecule has 0 radical (unpaired) electrons. The van der Waals surface area contributed by atoms with E-state index in [1.807, 2.05) is 36.4 Å². The molecule has 190 valence electrons. The number of carbonyl (C=O) groups is 3. The molecule has 36 heavy (non-hydrogen) atoms. The van der Waals surface area contributed by atoms with E-state index in [-0.39, 0.29) is 17.9 Å². The number of nitrogens with one attached hydrogen (secondary N) is 3. The number of rotatable bonds is 6. The first-order chi connectivity index (χ1) is 17.1. The van der Waals surface area contributed by atoms with Crippen molar-refractivity contribution in [3.8, 4) is 0 Å². The van der Waals surface area contributed by atoms with Gasteiger partial charge in [-0.05, 0) is 57.0 Å². The van der Waals surface area contributed by atoms with Gasteiger partial charge in [-0.15, -0.1) is 0 Å². The number of aromatic nitrogens is 1. The molecule has 3 N–H and O–H groups in total. The minimum atomic E-state index is -0.768. The zero-order valence-corrected chi connectivity index (χ0v) is 21.4. The largest absolute Gasteiger partial charge is 0.444 e. The fourth-order valence-electron chi connectivity index (χ4n) is 4.28. The Kier molecular flexibility index (Phi) is 7.54. The number of H-pyrrole nitrogens is 1. The lowest BCUT2D eigenvalue weighted by Gasteiger charge is -2.25. The van der Waals surface area contributed by atoms with Crippen LogP contribution in [0.3, 0.4) is 0 Å². The number of carbonyl (C=O) groups excluding carboxylic acids is 3. The van der Waals surface area contributed by atoms with E-state index in [9.17, 15) is 14.4 Å². The van der Waals surface area contributed by atoms with E-state index in [4.69, 9.17) is 16.3 Å². The number of ether oxygens (including phenoxy) is 1. The lowest BCUT2D eigenvalue weighted by molar-refractivity contribution is -0.132. The zero-order chi connectivity index (χ0) is 25.9. The van der Waals surface area contributed by atoms with E-state index in [1.165, 1.54) is 0 Å². The summed E-state index contributed by atoms with van der Waals surface area (Å²) in [4.78, 5) is 43.6. The highest BCUT2D eigenvalue weighted by Crippen LogP contribution is 2.21. The molecule has 0 aliphatic carbocycles. The Morgan fingerprint density at radius 1 is 1.14 bits per heavy atom. The molecule has 2 atom stereocenters. The molecule has 3 amide bonds. The van der Waals surface area contributed by atoms with Gasteiger partial charge in [-0.3, -0.25) is 9.59 Å². The topological polar surface area (TPSA) is 104 Å². The number of aromatic amines is 1. The molecule has 1 fully saturated rings. The molecular weight excluding hydrogens is 480 g/mol. The number of hydrogen-bond donors (Lipinski definition) is 3. The van der Waals surface area contributed by atoms with Crippen molar-refractivity contribution < 1.29 is 19.1 Å². The van der Waals surface area contributed by atoms with Gasteiger partial charge in [-0.25, -0.2) is 4.79 Å². The number of likely N-dealkylation sites (tertiary alicyclic amines) is 1. The van der Waals surface area contributed by atoms with E-state index >= 15 is 0 Å². The summed E-state index contributed by atoms with van der Waals surface area (Å²) in [6.45, 7) is 6.23. The highest BCUT2D eigenvalue weighted by molar-refractivity contribution is 6.31. The van der Waals surface area contributed by atoms with Crippen LogP contribution in [0.1, 0.15) is 43.2 Å². The van der Waals surface area contributed by atoms with Gasteiger partial charge in [-0.2, -0.15) is 0 Å². The molecular formula is C27H31ClN4O4. The summed E-state index contributed by atoms with van der Waals surface area (Å²) in [6, 6.07) is 15.6. The predicted octanol–water partition coefficient (Wildman–Crippen LogP) is 4.29. The molecule has 2 heterocycles. The highest BCUT2D eigenvalue weighted by Gasteiger charge is 2.33. The number of fused-ring (bicyclic) bond motifs is 1. The van der Waals surface area contributed by atoms with E-state index in [0.29, 0.717) is 36.6 Å². The van der Waals surface area contributed by atoms with Gasteiger partial charge >= 0.3 is 6.09 Å². The lowest BCUT2D eigenvalue weighted by Crippen LogP contribution is -2.50. The third-order valence-corrected chi connectivity index (χ3v) is 6.17. The number of nitrogens with zero attached hydrogens (tertiary/aromatic N) is 1. The molecule has 0 bridgehead atoms. The van der Waals surface area contributed by atoms with Gasteiger partial charge in [0.05, 0.1) is 6.04 Å². The van der Waals surface area contributed by atoms with Crippen molar-refractivity contribution in [3.05, 3.63) is 70.9 Å². The first-order valence-electron chi connectivity index (χ1n) is 12.0. The minimum absolute atomic E-state index is 0.195. The Balaban J connectivity index is 1.46. The predicted molar refractivity (Wildman–Crippen MR) is 139 cm³/mol. The van der Waals surface area contributed by atoms with Crippen molar-refractivity contribution in [2.24, 2.45) is 0 Å². The molecule has 1 saturated heterocycles. The second-order valence-corrected chi connectivity index (χ2v) is 10.5. The average Bonchev–Trinajstić information content (AvgIpc) is 3.44. The van der Waals surface area contributed by atoms with Gasteiger partial charge in [0, 0.05) is 35.4 Å². The van der Waals surface area contributed by atoms with Crippen LogP contribution in [-0.2, 0) is 16.0 Å². The maximum atomic E-state index is 13.5. The van der Waals surface area contributed by atoms with E-state index in [2.05, 4.69) is 15.6 Å². The van der Waals surface area contributed by atoms with Crippen LogP contribution in [0.2, 0.25) is 5.02 Å². The third-order valence-electron chi connectivity index (χ3n) is 5.93. The normalized spacial score (nSPS) is 16.6. The molecule has 0 spiro atoms. The Morgan fingerprint density at radius 2 is 1.89 bits per heavy atom. The minimum Gasteiger partial charge on any atom is -0.444 e. The number of amides is 3. The van der Waals surface area contributed by atoms with Crippen LogP contribution >= 0.6 is 11.6 Å². The molecule has 4 rings (SSSR count). The first kappa shape index (κ1) is 25.6. The van der Waals surface area contributed by atoms with E-state index in [1.54, 1.807) is 43.9 Å². The first-order valence-corrected chi connectivity index (χ1v) is 12.4. The average molecular weight is 511 g/mol. The van der Waals surface area contributed by atoms with Crippen molar-refractivity contribution in [1.82, 2.24) is 20.5 Å². The standard InChI is InChI=1S/C27H31ClN4O4/c1-27(2,3)36-26(35)29-20-11-12-32(16-20)25(34)23(13-17-7-5-4-6-8-17)31-24(33)22-15-18-14-19(28)9-10-21(18)30-22/h4-10,14-15,20,23,30H,11-13,16H2,1-3H3,(H,29,35)(H,31,33). The fourth-order valence-corrected chi connectivity index (χ4v) is 4.47. The molecule has 1 aliphatic heterocycles. The monoisotopic (exact) mass is 510 g/mol. The number of benzene rings is 2. The quantitative estimate of drug-likeness (QED) is 0.460. The molecule has 9 heteroatoms. The number of halogens is 1.